The number of hydrogen-bond donors (Lipinski definition) is 1. The number of benzene rings is 1. The molecule has 0 spiro atoms. The highest BCUT2D eigenvalue weighted by molar-refractivity contribution is 6.33. The van der Waals surface area contributed by atoms with E-state index in [1.807, 2.05) is 13.8 Å². The summed E-state index contributed by atoms with van der Waals surface area (Å²) in [6, 6.07) is 1.61. The molecule has 1 aromatic rings. The molecule has 0 radical (unpaired) electrons. The monoisotopic (exact) mass is 261 g/mol. The molecule has 5 heteroatoms. The molecule has 0 aromatic heterocycles. The maximum Gasteiger partial charge on any atom is 0.252 e. The third-order valence-electron chi connectivity index (χ3n) is 2.26. The summed E-state index contributed by atoms with van der Waals surface area (Å²) in [6.45, 7) is 4.53. The van der Waals surface area contributed by atoms with E-state index in [0.29, 0.717) is 12.5 Å². The van der Waals surface area contributed by atoms with Crippen molar-refractivity contribution < 1.29 is 13.6 Å². The molecule has 1 amide bonds. The number of halogens is 3. The summed E-state index contributed by atoms with van der Waals surface area (Å²) in [6.07, 6.45) is 0.813. The van der Waals surface area contributed by atoms with Crippen LogP contribution in [-0.4, -0.2) is 12.5 Å². The van der Waals surface area contributed by atoms with Gasteiger partial charge in [-0.1, -0.05) is 25.4 Å². The van der Waals surface area contributed by atoms with Crippen LogP contribution in [0.4, 0.5) is 8.78 Å². The molecule has 94 valence electrons. The molecule has 0 saturated carbocycles. The Labute approximate surface area is 104 Å². The number of carbonyl (C=O) groups excluding carboxylic acids is 1. The Morgan fingerprint density at radius 1 is 1.35 bits per heavy atom. The van der Waals surface area contributed by atoms with Crippen LogP contribution in [-0.2, 0) is 0 Å². The third kappa shape index (κ3) is 3.97. The van der Waals surface area contributed by atoms with Gasteiger partial charge in [-0.3, -0.25) is 4.79 Å². The zero-order chi connectivity index (χ0) is 13.0. The van der Waals surface area contributed by atoms with Gasteiger partial charge in [-0.25, -0.2) is 8.78 Å². The largest absolute Gasteiger partial charge is 0.352 e. The average Bonchev–Trinajstić information content (AvgIpc) is 2.22. The van der Waals surface area contributed by atoms with Crippen LogP contribution in [0.3, 0.4) is 0 Å². The first-order valence-corrected chi connectivity index (χ1v) is 5.72. The van der Waals surface area contributed by atoms with Crippen LogP contribution >= 0.6 is 11.6 Å². The van der Waals surface area contributed by atoms with Crippen LogP contribution in [0, 0.1) is 17.6 Å². The van der Waals surface area contributed by atoms with Gasteiger partial charge in [0.1, 0.15) is 0 Å². The molecule has 1 rings (SSSR count). The number of nitrogens with one attached hydrogen (secondary N) is 1. The summed E-state index contributed by atoms with van der Waals surface area (Å²) in [4.78, 5) is 11.6. The second kappa shape index (κ2) is 5.96. The average molecular weight is 262 g/mol. The summed E-state index contributed by atoms with van der Waals surface area (Å²) < 4.78 is 25.7. The van der Waals surface area contributed by atoms with Crippen molar-refractivity contribution in [2.24, 2.45) is 5.92 Å². The Hall–Kier alpha value is -1.16. The van der Waals surface area contributed by atoms with Crippen molar-refractivity contribution in [2.75, 3.05) is 6.54 Å². The Bertz CT molecular complexity index is 421. The van der Waals surface area contributed by atoms with Crippen LogP contribution in [0.2, 0.25) is 5.02 Å². The molecule has 0 saturated heterocycles. The van der Waals surface area contributed by atoms with Crippen molar-refractivity contribution in [3.05, 3.63) is 34.4 Å². The van der Waals surface area contributed by atoms with E-state index in [1.165, 1.54) is 0 Å². The van der Waals surface area contributed by atoms with Gasteiger partial charge in [0, 0.05) is 6.54 Å². The van der Waals surface area contributed by atoms with E-state index >= 15 is 0 Å². The third-order valence-corrected chi connectivity index (χ3v) is 2.57. The molecule has 1 N–H and O–H groups in total. The van der Waals surface area contributed by atoms with Crippen molar-refractivity contribution in [1.82, 2.24) is 5.32 Å². The summed E-state index contributed by atoms with van der Waals surface area (Å²) >= 11 is 5.67. The van der Waals surface area contributed by atoms with Gasteiger partial charge in [-0.15, -0.1) is 0 Å². The van der Waals surface area contributed by atoms with Crippen molar-refractivity contribution in [3.8, 4) is 0 Å². The summed E-state index contributed by atoms with van der Waals surface area (Å²) in [5, 5.41) is 2.51. The molecule has 0 aliphatic carbocycles. The number of rotatable bonds is 4. The Balaban J connectivity index is 2.72. The molecule has 0 bridgehead atoms. The number of carbonyl (C=O) groups is 1. The second-order valence-corrected chi connectivity index (χ2v) is 4.59. The highest BCUT2D eigenvalue weighted by Crippen LogP contribution is 2.19. The molecule has 0 unspecified atom stereocenters. The fraction of sp³-hybridized carbons (Fsp3) is 0.417. The van der Waals surface area contributed by atoms with E-state index < -0.39 is 17.5 Å². The molecule has 2 nitrogen and oxygen atoms in total. The lowest BCUT2D eigenvalue weighted by molar-refractivity contribution is 0.0951. The van der Waals surface area contributed by atoms with Gasteiger partial charge in [0.05, 0.1) is 10.6 Å². The van der Waals surface area contributed by atoms with Crippen molar-refractivity contribution in [2.45, 2.75) is 20.3 Å². The number of amides is 1. The van der Waals surface area contributed by atoms with Gasteiger partial charge in [-0.05, 0) is 24.5 Å². The smallest absolute Gasteiger partial charge is 0.252 e. The lowest BCUT2D eigenvalue weighted by Crippen LogP contribution is -2.25. The molecule has 17 heavy (non-hydrogen) atoms. The minimum atomic E-state index is -1.08. The first kappa shape index (κ1) is 13.9. The zero-order valence-corrected chi connectivity index (χ0v) is 10.4. The van der Waals surface area contributed by atoms with Gasteiger partial charge < -0.3 is 5.32 Å². The fourth-order valence-corrected chi connectivity index (χ4v) is 1.50. The van der Waals surface area contributed by atoms with E-state index in [0.717, 1.165) is 18.6 Å². The minimum absolute atomic E-state index is 0.0469. The molecule has 0 atom stereocenters. The molecule has 1 aromatic carbocycles. The topological polar surface area (TPSA) is 29.1 Å². The van der Waals surface area contributed by atoms with E-state index in [4.69, 9.17) is 11.6 Å². The van der Waals surface area contributed by atoms with Crippen LogP contribution in [0.15, 0.2) is 12.1 Å². The van der Waals surface area contributed by atoms with Crippen LogP contribution in [0.5, 0.6) is 0 Å². The molecule has 0 heterocycles. The highest BCUT2D eigenvalue weighted by atomic mass is 35.5. The quantitative estimate of drug-likeness (QED) is 0.827. The van der Waals surface area contributed by atoms with Gasteiger partial charge in [0.15, 0.2) is 11.6 Å². The van der Waals surface area contributed by atoms with E-state index in [2.05, 4.69) is 5.32 Å². The summed E-state index contributed by atoms with van der Waals surface area (Å²) in [7, 11) is 0. The van der Waals surface area contributed by atoms with Gasteiger partial charge in [0.2, 0.25) is 0 Å². The first-order chi connectivity index (χ1) is 7.91. The number of hydrogen-bond acceptors (Lipinski definition) is 1. The fourth-order valence-electron chi connectivity index (χ4n) is 1.27. The van der Waals surface area contributed by atoms with Gasteiger partial charge in [0.25, 0.3) is 5.91 Å². The van der Waals surface area contributed by atoms with E-state index in [9.17, 15) is 13.6 Å². The lowest BCUT2D eigenvalue weighted by Gasteiger charge is -2.08. The lowest BCUT2D eigenvalue weighted by atomic mass is 10.1. The highest BCUT2D eigenvalue weighted by Gasteiger charge is 2.14. The Morgan fingerprint density at radius 2 is 1.94 bits per heavy atom. The predicted molar refractivity (Wildman–Crippen MR) is 63.2 cm³/mol. The molecule has 0 aliphatic heterocycles. The van der Waals surface area contributed by atoms with Crippen molar-refractivity contribution in [3.63, 3.8) is 0 Å². The summed E-state index contributed by atoms with van der Waals surface area (Å²) in [5.74, 6) is -2.18. The standard InChI is InChI=1S/C12H14ClF2NO/c1-7(2)3-4-16-12(17)8-5-10(14)11(15)6-9(8)13/h5-7H,3-4H2,1-2H3,(H,16,17). The molecular weight excluding hydrogens is 248 g/mol. The molecule has 0 aliphatic rings. The van der Waals surface area contributed by atoms with Crippen LogP contribution < -0.4 is 5.32 Å². The first-order valence-electron chi connectivity index (χ1n) is 5.34. The second-order valence-electron chi connectivity index (χ2n) is 4.18. The SMILES string of the molecule is CC(C)CCNC(=O)c1cc(F)c(F)cc1Cl. The van der Waals surface area contributed by atoms with E-state index in [-0.39, 0.29) is 10.6 Å². The Morgan fingerprint density at radius 3 is 2.53 bits per heavy atom. The van der Waals surface area contributed by atoms with Gasteiger partial charge >= 0.3 is 0 Å². The van der Waals surface area contributed by atoms with Crippen LogP contribution in [0.1, 0.15) is 30.6 Å². The van der Waals surface area contributed by atoms with Crippen molar-refractivity contribution >= 4 is 17.5 Å². The molecular formula is C12H14ClF2NO. The minimum Gasteiger partial charge on any atom is -0.352 e. The van der Waals surface area contributed by atoms with Crippen LogP contribution in [0.25, 0.3) is 0 Å². The zero-order valence-electron chi connectivity index (χ0n) is 9.69. The van der Waals surface area contributed by atoms with Crippen molar-refractivity contribution in [1.29, 1.82) is 0 Å². The Kier molecular flexibility index (Phi) is 4.87. The summed E-state index contributed by atoms with van der Waals surface area (Å²) in [5.41, 5.74) is -0.0469. The molecule has 0 fully saturated rings. The predicted octanol–water partition coefficient (Wildman–Crippen LogP) is 3.39. The van der Waals surface area contributed by atoms with Gasteiger partial charge in [-0.2, -0.15) is 0 Å². The normalized spacial score (nSPS) is 10.7. The van der Waals surface area contributed by atoms with E-state index in [1.54, 1.807) is 0 Å². The maximum atomic E-state index is 13.0. The maximum absolute atomic E-state index is 13.0.